The van der Waals surface area contributed by atoms with E-state index in [9.17, 15) is 14.7 Å². The van der Waals surface area contributed by atoms with Crippen LogP contribution in [0.4, 0.5) is 11.5 Å². The molecule has 3 rings (SSSR count). The third kappa shape index (κ3) is 5.63. The summed E-state index contributed by atoms with van der Waals surface area (Å²) in [6.45, 7) is 15.0. The third-order valence-electron chi connectivity index (χ3n) is 5.71. The van der Waals surface area contributed by atoms with Crippen LogP contribution in [0.2, 0.25) is 0 Å². The number of aromatic nitrogens is 1. The number of rotatable bonds is 3. The minimum absolute atomic E-state index is 0.111. The van der Waals surface area contributed by atoms with Crippen molar-refractivity contribution < 1.29 is 24.2 Å². The highest BCUT2D eigenvalue weighted by Gasteiger charge is 2.47. The molecule has 2 heterocycles. The van der Waals surface area contributed by atoms with Gasteiger partial charge in [-0.3, -0.25) is 9.59 Å². The summed E-state index contributed by atoms with van der Waals surface area (Å²) in [6.07, 6.45) is 1.61. The fourth-order valence-corrected chi connectivity index (χ4v) is 3.89. The molecule has 8 heteroatoms. The standard InChI is InChI=1S/C27H35N3O5/c1-25(2,3)17-14-16(15-18(21(17)31)26(4,5)6)29-22(30(9)19-12-10-11-13-28-19)20-23(32)34-27(7,8)35-24(20)33/h10-15,20,31H,1-9H3. The molecule has 0 spiro atoms. The number of ether oxygens (including phenoxy) is 2. The Kier molecular flexibility index (Phi) is 6.72. The summed E-state index contributed by atoms with van der Waals surface area (Å²) < 4.78 is 10.8. The molecule has 0 atom stereocenters. The molecule has 1 N–H and O–H groups in total. The van der Waals surface area contributed by atoms with Gasteiger partial charge < -0.3 is 19.5 Å². The van der Waals surface area contributed by atoms with Gasteiger partial charge in [0, 0.05) is 38.2 Å². The number of esters is 2. The van der Waals surface area contributed by atoms with E-state index in [0.717, 1.165) is 0 Å². The number of carbonyl (C=O) groups excluding carboxylic acids is 2. The number of cyclic esters (lactones) is 2. The molecule has 1 aliphatic rings. The molecule has 2 aromatic rings. The van der Waals surface area contributed by atoms with Gasteiger partial charge in [0.1, 0.15) is 17.4 Å². The molecular formula is C27H35N3O5. The number of carbonyl (C=O) groups is 2. The molecule has 8 nitrogen and oxygen atoms in total. The number of aromatic hydroxyl groups is 1. The molecule has 188 valence electrons. The van der Waals surface area contributed by atoms with Crippen LogP contribution in [-0.4, -0.2) is 40.7 Å². The number of hydrogen-bond donors (Lipinski definition) is 1. The van der Waals surface area contributed by atoms with Gasteiger partial charge in [-0.05, 0) is 35.1 Å². The number of phenolic OH excluding ortho intramolecular Hbond substituents is 1. The Morgan fingerprint density at radius 2 is 1.51 bits per heavy atom. The predicted molar refractivity (Wildman–Crippen MR) is 135 cm³/mol. The van der Waals surface area contributed by atoms with Gasteiger partial charge in [0.2, 0.25) is 5.92 Å². The van der Waals surface area contributed by atoms with Crippen LogP contribution in [0.5, 0.6) is 5.75 Å². The Balaban J connectivity index is 2.26. The highest BCUT2D eigenvalue weighted by Crippen LogP contribution is 2.42. The van der Waals surface area contributed by atoms with Crippen LogP contribution < -0.4 is 4.90 Å². The third-order valence-corrected chi connectivity index (χ3v) is 5.71. The van der Waals surface area contributed by atoms with E-state index in [2.05, 4.69) is 4.98 Å². The second-order valence-corrected chi connectivity index (χ2v) is 11.3. The Hall–Kier alpha value is -3.42. The highest BCUT2D eigenvalue weighted by atomic mass is 16.7. The zero-order valence-corrected chi connectivity index (χ0v) is 22.0. The van der Waals surface area contributed by atoms with Crippen LogP contribution in [0.25, 0.3) is 0 Å². The molecule has 0 bridgehead atoms. The van der Waals surface area contributed by atoms with Crippen LogP contribution >= 0.6 is 0 Å². The molecule has 0 saturated carbocycles. The number of hydrogen-bond acceptors (Lipinski definition) is 7. The van der Waals surface area contributed by atoms with E-state index in [4.69, 9.17) is 14.5 Å². The van der Waals surface area contributed by atoms with E-state index >= 15 is 0 Å². The van der Waals surface area contributed by atoms with Crippen molar-refractivity contribution in [3.8, 4) is 5.75 Å². The van der Waals surface area contributed by atoms with Crippen molar-refractivity contribution in [1.82, 2.24) is 4.98 Å². The summed E-state index contributed by atoms with van der Waals surface area (Å²) in [6, 6.07) is 8.87. The van der Waals surface area contributed by atoms with E-state index in [1.54, 1.807) is 48.5 Å². The predicted octanol–water partition coefficient (Wildman–Crippen LogP) is 5.00. The van der Waals surface area contributed by atoms with E-state index in [1.807, 2.05) is 41.5 Å². The molecule has 35 heavy (non-hydrogen) atoms. The molecule has 1 aliphatic heterocycles. The summed E-state index contributed by atoms with van der Waals surface area (Å²) in [5.41, 5.74) is 1.14. The zero-order chi connectivity index (χ0) is 26.3. The number of benzene rings is 1. The van der Waals surface area contributed by atoms with Crippen LogP contribution in [0.1, 0.15) is 66.5 Å². The van der Waals surface area contributed by atoms with Gasteiger partial charge in [-0.1, -0.05) is 47.6 Å². The molecule has 1 fully saturated rings. The fraction of sp³-hybridized carbons (Fsp3) is 0.481. The normalized spacial score (nSPS) is 17.1. The summed E-state index contributed by atoms with van der Waals surface area (Å²) in [5.74, 6) is -3.46. The Morgan fingerprint density at radius 1 is 1.00 bits per heavy atom. The van der Waals surface area contributed by atoms with Crippen molar-refractivity contribution in [3.63, 3.8) is 0 Å². The molecule has 0 amide bonds. The first-order valence-electron chi connectivity index (χ1n) is 11.6. The SMILES string of the molecule is CN(C(=Nc1cc(C(C)(C)C)c(O)c(C(C)(C)C)c1)C1C(=O)OC(C)(C)OC1=O)c1ccccn1. The Bertz CT molecular complexity index is 1100. The Labute approximate surface area is 207 Å². The van der Waals surface area contributed by atoms with Crippen molar-refractivity contribution in [3.05, 3.63) is 47.7 Å². The lowest BCUT2D eigenvalue weighted by molar-refractivity contribution is -0.235. The first-order chi connectivity index (χ1) is 16.0. The lowest BCUT2D eigenvalue weighted by atomic mass is 9.79. The maximum atomic E-state index is 13.0. The molecule has 0 radical (unpaired) electrons. The summed E-state index contributed by atoms with van der Waals surface area (Å²) in [5, 5.41) is 11.1. The maximum Gasteiger partial charge on any atom is 0.331 e. The van der Waals surface area contributed by atoms with Gasteiger partial charge in [0.15, 0.2) is 0 Å². The van der Waals surface area contributed by atoms with Crippen LogP contribution in [0.3, 0.4) is 0 Å². The minimum Gasteiger partial charge on any atom is -0.507 e. The zero-order valence-electron chi connectivity index (χ0n) is 22.0. The number of anilines is 1. The molecule has 1 aromatic carbocycles. The van der Waals surface area contributed by atoms with E-state index in [0.29, 0.717) is 22.6 Å². The molecule has 1 saturated heterocycles. The van der Waals surface area contributed by atoms with E-state index < -0.39 is 23.6 Å². The number of pyridine rings is 1. The molecule has 1 aromatic heterocycles. The molecule has 0 aliphatic carbocycles. The lowest BCUT2D eigenvalue weighted by Crippen LogP contribution is -2.52. The first kappa shape index (κ1) is 26.2. The smallest absolute Gasteiger partial charge is 0.331 e. The number of phenols is 1. The largest absolute Gasteiger partial charge is 0.507 e. The van der Waals surface area contributed by atoms with Crippen LogP contribution in [-0.2, 0) is 29.9 Å². The van der Waals surface area contributed by atoms with Crippen molar-refractivity contribution in [1.29, 1.82) is 0 Å². The monoisotopic (exact) mass is 481 g/mol. The van der Waals surface area contributed by atoms with E-state index in [1.165, 1.54) is 13.8 Å². The molecule has 0 unspecified atom stereocenters. The topological polar surface area (TPSA) is 101 Å². The maximum absolute atomic E-state index is 13.0. The van der Waals surface area contributed by atoms with Gasteiger partial charge >= 0.3 is 11.9 Å². The second kappa shape index (κ2) is 8.98. The van der Waals surface area contributed by atoms with Crippen molar-refractivity contribution in [2.24, 2.45) is 10.9 Å². The summed E-state index contributed by atoms with van der Waals surface area (Å²) in [4.78, 5) is 36.7. The first-order valence-corrected chi connectivity index (χ1v) is 11.6. The van der Waals surface area contributed by atoms with Gasteiger partial charge in [0.05, 0.1) is 5.69 Å². The summed E-state index contributed by atoms with van der Waals surface area (Å²) >= 11 is 0. The van der Waals surface area contributed by atoms with Gasteiger partial charge in [-0.15, -0.1) is 0 Å². The van der Waals surface area contributed by atoms with Crippen molar-refractivity contribution >= 4 is 29.3 Å². The lowest BCUT2D eigenvalue weighted by Gasteiger charge is -2.35. The van der Waals surface area contributed by atoms with Gasteiger partial charge in [-0.2, -0.15) is 0 Å². The number of aliphatic imine (C=N–C) groups is 1. The Morgan fingerprint density at radius 3 is 1.94 bits per heavy atom. The van der Waals surface area contributed by atoms with Gasteiger partial charge in [0.25, 0.3) is 5.79 Å². The summed E-state index contributed by atoms with van der Waals surface area (Å²) in [7, 11) is 1.68. The van der Waals surface area contributed by atoms with E-state index in [-0.39, 0.29) is 22.4 Å². The van der Waals surface area contributed by atoms with Crippen molar-refractivity contribution in [2.75, 3.05) is 11.9 Å². The average Bonchev–Trinajstić information content (AvgIpc) is 2.71. The highest BCUT2D eigenvalue weighted by molar-refractivity contribution is 6.22. The molecular weight excluding hydrogens is 446 g/mol. The van der Waals surface area contributed by atoms with Crippen LogP contribution in [0.15, 0.2) is 41.5 Å². The average molecular weight is 482 g/mol. The van der Waals surface area contributed by atoms with Crippen molar-refractivity contribution in [2.45, 2.75) is 72.0 Å². The quantitative estimate of drug-likeness (QED) is 0.285. The van der Waals surface area contributed by atoms with Gasteiger partial charge in [-0.25, -0.2) is 9.98 Å². The number of nitrogens with zero attached hydrogens (tertiary/aromatic N) is 3. The fourth-order valence-electron chi connectivity index (χ4n) is 3.89. The minimum atomic E-state index is -1.40. The number of amidine groups is 1. The second-order valence-electron chi connectivity index (χ2n) is 11.3. The van der Waals surface area contributed by atoms with Crippen LogP contribution in [0, 0.1) is 5.92 Å².